The normalized spacial score (nSPS) is 11.9. The van der Waals surface area contributed by atoms with Crippen molar-refractivity contribution in [3.63, 3.8) is 0 Å². The summed E-state index contributed by atoms with van der Waals surface area (Å²) in [7, 11) is 0. The van der Waals surface area contributed by atoms with E-state index in [1.807, 2.05) is 27.7 Å². The molecule has 2 amide bonds. The third kappa shape index (κ3) is 5.85. The molecule has 0 saturated carbocycles. The first-order valence-corrected chi connectivity index (χ1v) is 7.24. The van der Waals surface area contributed by atoms with Gasteiger partial charge in [0.1, 0.15) is 5.75 Å². The lowest BCUT2D eigenvalue weighted by Gasteiger charge is -2.17. The molecule has 1 rings (SSSR count). The molecule has 5 nitrogen and oxygen atoms in total. The van der Waals surface area contributed by atoms with Gasteiger partial charge in [0, 0.05) is 11.6 Å². The van der Waals surface area contributed by atoms with Gasteiger partial charge in [0.15, 0.2) is 0 Å². The van der Waals surface area contributed by atoms with Crippen LogP contribution in [0.15, 0.2) is 24.3 Å². The SMILES string of the molecule is CCOc1ccc(C(=O)NCC(=O)NC(C)C(C)C)cc1. The molecule has 0 aromatic heterocycles. The number of amides is 2. The van der Waals surface area contributed by atoms with Crippen LogP contribution in [0, 0.1) is 5.92 Å². The van der Waals surface area contributed by atoms with E-state index in [1.54, 1.807) is 24.3 Å². The predicted molar refractivity (Wildman–Crippen MR) is 82.4 cm³/mol. The van der Waals surface area contributed by atoms with E-state index in [-0.39, 0.29) is 24.4 Å². The van der Waals surface area contributed by atoms with Crippen molar-refractivity contribution < 1.29 is 14.3 Å². The molecule has 0 radical (unpaired) electrons. The molecule has 0 aliphatic rings. The fourth-order valence-corrected chi connectivity index (χ4v) is 1.60. The largest absolute Gasteiger partial charge is 0.494 e. The smallest absolute Gasteiger partial charge is 0.251 e. The molecular weight excluding hydrogens is 268 g/mol. The van der Waals surface area contributed by atoms with Gasteiger partial charge in [0.25, 0.3) is 5.91 Å². The maximum absolute atomic E-state index is 11.9. The Labute approximate surface area is 126 Å². The summed E-state index contributed by atoms with van der Waals surface area (Å²) >= 11 is 0. The molecule has 0 fully saturated rings. The molecule has 1 aromatic rings. The van der Waals surface area contributed by atoms with Crippen molar-refractivity contribution in [2.75, 3.05) is 13.2 Å². The summed E-state index contributed by atoms with van der Waals surface area (Å²) in [4.78, 5) is 23.6. The first-order chi connectivity index (χ1) is 9.93. The van der Waals surface area contributed by atoms with Crippen LogP contribution in [0.4, 0.5) is 0 Å². The molecule has 0 heterocycles. The molecule has 1 unspecified atom stereocenters. The lowest BCUT2D eigenvalue weighted by atomic mass is 10.1. The lowest BCUT2D eigenvalue weighted by molar-refractivity contribution is -0.121. The molecule has 1 aromatic carbocycles. The van der Waals surface area contributed by atoms with Gasteiger partial charge in [0.05, 0.1) is 13.2 Å². The number of benzene rings is 1. The summed E-state index contributed by atoms with van der Waals surface area (Å²) in [6, 6.07) is 6.91. The topological polar surface area (TPSA) is 67.4 Å². The van der Waals surface area contributed by atoms with Crippen molar-refractivity contribution in [3.05, 3.63) is 29.8 Å². The van der Waals surface area contributed by atoms with Crippen LogP contribution in [0.1, 0.15) is 38.1 Å². The van der Waals surface area contributed by atoms with Gasteiger partial charge >= 0.3 is 0 Å². The van der Waals surface area contributed by atoms with Crippen molar-refractivity contribution in [1.29, 1.82) is 0 Å². The summed E-state index contributed by atoms with van der Waals surface area (Å²) in [5, 5.41) is 5.44. The molecule has 116 valence electrons. The fraction of sp³-hybridized carbons (Fsp3) is 0.500. The molecule has 1 atom stereocenters. The maximum Gasteiger partial charge on any atom is 0.251 e. The molecule has 0 aliphatic carbocycles. The first kappa shape index (κ1) is 17.0. The number of rotatable bonds is 7. The minimum Gasteiger partial charge on any atom is -0.494 e. The van der Waals surface area contributed by atoms with Gasteiger partial charge in [-0.3, -0.25) is 9.59 Å². The second-order valence-corrected chi connectivity index (χ2v) is 5.24. The van der Waals surface area contributed by atoms with E-state index in [9.17, 15) is 9.59 Å². The zero-order chi connectivity index (χ0) is 15.8. The molecule has 21 heavy (non-hydrogen) atoms. The average molecular weight is 292 g/mol. The van der Waals surface area contributed by atoms with Gasteiger partial charge < -0.3 is 15.4 Å². The summed E-state index contributed by atoms with van der Waals surface area (Å²) in [5.74, 6) is 0.620. The minimum atomic E-state index is -0.273. The predicted octanol–water partition coefficient (Wildman–Crippen LogP) is 1.98. The fourth-order valence-electron chi connectivity index (χ4n) is 1.60. The zero-order valence-corrected chi connectivity index (χ0v) is 13.1. The van der Waals surface area contributed by atoms with Gasteiger partial charge in [-0.1, -0.05) is 13.8 Å². The highest BCUT2D eigenvalue weighted by atomic mass is 16.5. The molecule has 2 N–H and O–H groups in total. The average Bonchev–Trinajstić information content (AvgIpc) is 2.45. The van der Waals surface area contributed by atoms with Crippen LogP contribution in [0.2, 0.25) is 0 Å². The number of hydrogen-bond donors (Lipinski definition) is 2. The van der Waals surface area contributed by atoms with Crippen LogP contribution in [0.5, 0.6) is 5.75 Å². The van der Waals surface area contributed by atoms with Crippen molar-refractivity contribution in [1.82, 2.24) is 10.6 Å². The molecule has 0 bridgehead atoms. The molecule has 5 heteroatoms. The Kier molecular flexibility index (Phi) is 6.72. The highest BCUT2D eigenvalue weighted by Crippen LogP contribution is 2.11. The summed E-state index contributed by atoms with van der Waals surface area (Å²) in [6.07, 6.45) is 0. The van der Waals surface area contributed by atoms with Crippen molar-refractivity contribution in [2.24, 2.45) is 5.92 Å². The Morgan fingerprint density at radius 3 is 2.29 bits per heavy atom. The number of hydrogen-bond acceptors (Lipinski definition) is 3. The van der Waals surface area contributed by atoms with Gasteiger partial charge in [-0.25, -0.2) is 0 Å². The van der Waals surface area contributed by atoms with Crippen LogP contribution in [0.25, 0.3) is 0 Å². The van der Waals surface area contributed by atoms with Crippen LogP contribution in [-0.4, -0.2) is 31.0 Å². The van der Waals surface area contributed by atoms with E-state index >= 15 is 0 Å². The standard InChI is InChI=1S/C16H24N2O3/c1-5-21-14-8-6-13(7-9-14)16(20)17-10-15(19)18-12(4)11(2)3/h6-9,11-12H,5,10H2,1-4H3,(H,17,20)(H,18,19). The third-order valence-corrected chi connectivity index (χ3v) is 3.23. The van der Waals surface area contributed by atoms with E-state index in [4.69, 9.17) is 4.74 Å². The quantitative estimate of drug-likeness (QED) is 0.807. The van der Waals surface area contributed by atoms with Gasteiger partial charge in [-0.15, -0.1) is 0 Å². The Bertz CT molecular complexity index is 469. The highest BCUT2D eigenvalue weighted by Gasteiger charge is 2.12. The van der Waals surface area contributed by atoms with Crippen molar-refractivity contribution >= 4 is 11.8 Å². The second kappa shape index (κ2) is 8.29. The Morgan fingerprint density at radius 2 is 1.76 bits per heavy atom. The minimum absolute atomic E-state index is 0.0247. The summed E-state index contributed by atoms with van der Waals surface area (Å²) in [6.45, 7) is 8.46. The van der Waals surface area contributed by atoms with Crippen LogP contribution < -0.4 is 15.4 Å². The van der Waals surface area contributed by atoms with Gasteiger partial charge in [-0.05, 0) is 44.0 Å². The summed E-state index contributed by atoms with van der Waals surface area (Å²) < 4.78 is 5.31. The maximum atomic E-state index is 11.9. The monoisotopic (exact) mass is 292 g/mol. The second-order valence-electron chi connectivity index (χ2n) is 5.24. The lowest BCUT2D eigenvalue weighted by Crippen LogP contribution is -2.42. The van der Waals surface area contributed by atoms with Crippen LogP contribution in [-0.2, 0) is 4.79 Å². The molecule has 0 spiro atoms. The third-order valence-electron chi connectivity index (χ3n) is 3.23. The van der Waals surface area contributed by atoms with E-state index in [0.29, 0.717) is 18.1 Å². The van der Waals surface area contributed by atoms with E-state index in [2.05, 4.69) is 10.6 Å². The first-order valence-electron chi connectivity index (χ1n) is 7.24. The number of ether oxygens (including phenoxy) is 1. The van der Waals surface area contributed by atoms with Crippen LogP contribution in [0.3, 0.4) is 0 Å². The van der Waals surface area contributed by atoms with Crippen molar-refractivity contribution in [2.45, 2.75) is 33.7 Å². The van der Waals surface area contributed by atoms with Gasteiger partial charge in [-0.2, -0.15) is 0 Å². The zero-order valence-electron chi connectivity index (χ0n) is 13.1. The van der Waals surface area contributed by atoms with E-state index in [1.165, 1.54) is 0 Å². The Balaban J connectivity index is 2.44. The number of carbonyl (C=O) groups is 2. The van der Waals surface area contributed by atoms with E-state index in [0.717, 1.165) is 5.75 Å². The van der Waals surface area contributed by atoms with Crippen LogP contribution >= 0.6 is 0 Å². The molecular formula is C16H24N2O3. The van der Waals surface area contributed by atoms with E-state index < -0.39 is 0 Å². The number of nitrogens with one attached hydrogen (secondary N) is 2. The Morgan fingerprint density at radius 1 is 1.14 bits per heavy atom. The number of carbonyl (C=O) groups excluding carboxylic acids is 2. The highest BCUT2D eigenvalue weighted by molar-refractivity contribution is 5.96. The van der Waals surface area contributed by atoms with Crippen molar-refractivity contribution in [3.8, 4) is 5.75 Å². The Hall–Kier alpha value is -2.04. The molecule has 0 saturated heterocycles. The molecule has 0 aliphatic heterocycles. The van der Waals surface area contributed by atoms with Gasteiger partial charge in [0.2, 0.25) is 5.91 Å². The summed E-state index contributed by atoms with van der Waals surface area (Å²) in [5.41, 5.74) is 0.503.